The molecule has 238 valence electrons. The minimum atomic E-state index is -4.17. The molecule has 13 nitrogen and oxygen atoms in total. The Balaban J connectivity index is 1.37. The number of anilines is 3. The fraction of sp³-hybridized carbons (Fsp3) is 0.414. The van der Waals surface area contributed by atoms with Crippen molar-refractivity contribution in [3.63, 3.8) is 0 Å². The molecule has 2 amide bonds. The Morgan fingerprint density at radius 2 is 1.84 bits per heavy atom. The lowest BCUT2D eigenvalue weighted by atomic mass is 10.1. The van der Waals surface area contributed by atoms with Gasteiger partial charge >= 0.3 is 12.6 Å². The standard InChI is InChI=1S/C29H33F2N9O4S/c1-16-15-44-12-11-39(16)24-13-23(29(9-10-29)45(42,43)25-18(3)38-40(19(25)4)27(30)31)35-26(36-24)20-5-7-21(8-6-20)33-28(41)34-22-14-32-37-17(22)2/h5-8,13-14,16,27H,9-12,15H2,1-4H3,(H,32,37)(H2,33,34,41)/t16-/m0/s1. The Bertz CT molecular complexity index is 1850. The van der Waals surface area contributed by atoms with Crippen LogP contribution in [0.4, 0.5) is 30.8 Å². The number of hydrogen-bond acceptors (Lipinski definition) is 9. The van der Waals surface area contributed by atoms with Gasteiger partial charge < -0.3 is 20.3 Å². The highest BCUT2D eigenvalue weighted by molar-refractivity contribution is 7.92. The van der Waals surface area contributed by atoms with Gasteiger partial charge in [0.15, 0.2) is 15.7 Å². The first-order valence-electron chi connectivity index (χ1n) is 14.4. The van der Waals surface area contributed by atoms with Gasteiger partial charge in [-0.3, -0.25) is 5.10 Å². The maximum absolute atomic E-state index is 14.2. The molecule has 3 aromatic heterocycles. The molecule has 4 heterocycles. The number of nitrogens with zero attached hydrogens (tertiary/aromatic N) is 6. The molecule has 3 N–H and O–H groups in total. The van der Waals surface area contributed by atoms with Crippen molar-refractivity contribution in [3.8, 4) is 11.4 Å². The molecular weight excluding hydrogens is 608 g/mol. The molecule has 1 saturated heterocycles. The highest BCUT2D eigenvalue weighted by atomic mass is 32.2. The van der Waals surface area contributed by atoms with E-state index in [9.17, 15) is 22.0 Å². The molecule has 0 radical (unpaired) electrons. The first kappa shape index (κ1) is 30.6. The number of carbonyl (C=O) groups excluding carboxylic acids is 1. The zero-order valence-electron chi connectivity index (χ0n) is 25.1. The summed E-state index contributed by atoms with van der Waals surface area (Å²) in [6.07, 6.45) is 2.13. The van der Waals surface area contributed by atoms with Gasteiger partial charge in [-0.1, -0.05) is 0 Å². The van der Waals surface area contributed by atoms with Gasteiger partial charge in [-0.15, -0.1) is 0 Å². The van der Waals surface area contributed by atoms with Gasteiger partial charge in [0.2, 0.25) is 0 Å². The van der Waals surface area contributed by atoms with Crippen molar-refractivity contribution in [2.24, 2.45) is 0 Å². The summed E-state index contributed by atoms with van der Waals surface area (Å²) < 4.78 is 60.3. The third-order valence-electron chi connectivity index (χ3n) is 8.25. The molecule has 4 aromatic rings. The Labute approximate surface area is 258 Å². The van der Waals surface area contributed by atoms with E-state index < -0.39 is 27.2 Å². The van der Waals surface area contributed by atoms with E-state index in [0.29, 0.717) is 64.4 Å². The lowest BCUT2D eigenvalue weighted by molar-refractivity contribution is 0.0538. The lowest BCUT2D eigenvalue weighted by Crippen LogP contribution is -2.44. The summed E-state index contributed by atoms with van der Waals surface area (Å²) in [7, 11) is -4.17. The Morgan fingerprint density at radius 3 is 2.44 bits per heavy atom. The van der Waals surface area contributed by atoms with Gasteiger partial charge in [0, 0.05) is 30.1 Å². The van der Waals surface area contributed by atoms with Crippen molar-refractivity contribution in [2.75, 3.05) is 35.3 Å². The van der Waals surface area contributed by atoms with E-state index >= 15 is 0 Å². The zero-order valence-corrected chi connectivity index (χ0v) is 26.0. The second-order valence-electron chi connectivity index (χ2n) is 11.3. The van der Waals surface area contributed by atoms with E-state index in [-0.39, 0.29) is 35.2 Å². The van der Waals surface area contributed by atoms with Crippen molar-refractivity contribution in [1.29, 1.82) is 0 Å². The number of H-pyrrole nitrogens is 1. The number of ether oxygens (including phenoxy) is 1. The molecule has 16 heteroatoms. The number of rotatable bonds is 8. The molecule has 6 rings (SSSR count). The average molecular weight is 642 g/mol. The topological polar surface area (TPSA) is 160 Å². The first-order chi connectivity index (χ1) is 21.4. The summed E-state index contributed by atoms with van der Waals surface area (Å²) >= 11 is 0. The number of aromatic amines is 1. The molecule has 1 aliphatic carbocycles. The predicted octanol–water partition coefficient (Wildman–Crippen LogP) is 4.72. The van der Waals surface area contributed by atoms with Crippen LogP contribution in [0.5, 0.6) is 0 Å². The van der Waals surface area contributed by atoms with Gasteiger partial charge in [0.1, 0.15) is 15.5 Å². The lowest BCUT2D eigenvalue weighted by Gasteiger charge is -2.34. The number of aryl methyl sites for hydroxylation is 2. The van der Waals surface area contributed by atoms with Crippen LogP contribution in [0.25, 0.3) is 11.4 Å². The first-order valence-corrected chi connectivity index (χ1v) is 15.9. The SMILES string of the molecule is Cc1n[nH]cc1NC(=O)Nc1ccc(-c2nc(N3CCOC[C@@H]3C)cc(C3(S(=O)(=O)c4c(C)nn(C(F)F)c4C)CC3)n2)cc1. The minimum absolute atomic E-state index is 0.0189. The number of morpholine rings is 1. The van der Waals surface area contributed by atoms with Gasteiger partial charge in [0.25, 0.3) is 0 Å². The average Bonchev–Trinajstić information content (AvgIpc) is 3.65. The maximum Gasteiger partial charge on any atom is 0.333 e. The number of benzene rings is 1. The van der Waals surface area contributed by atoms with Crippen molar-refractivity contribution in [2.45, 2.75) is 62.8 Å². The number of amides is 2. The number of hydrogen-bond donors (Lipinski definition) is 3. The van der Waals surface area contributed by atoms with Crippen LogP contribution in [0.1, 0.15) is 49.1 Å². The molecule has 45 heavy (non-hydrogen) atoms. The van der Waals surface area contributed by atoms with Crippen LogP contribution in [0, 0.1) is 20.8 Å². The van der Waals surface area contributed by atoms with Crippen LogP contribution in [0.2, 0.25) is 0 Å². The molecule has 1 saturated carbocycles. The minimum Gasteiger partial charge on any atom is -0.377 e. The number of carbonyl (C=O) groups is 1. The Hall–Kier alpha value is -4.44. The van der Waals surface area contributed by atoms with E-state index in [0.717, 1.165) is 0 Å². The van der Waals surface area contributed by atoms with E-state index in [4.69, 9.17) is 14.7 Å². The summed E-state index contributed by atoms with van der Waals surface area (Å²) in [5.41, 5.74) is 2.51. The molecule has 1 aliphatic heterocycles. The number of halogens is 2. The number of alkyl halides is 2. The molecule has 2 aliphatic rings. The monoisotopic (exact) mass is 641 g/mol. The molecule has 1 aromatic carbocycles. The maximum atomic E-state index is 14.2. The zero-order chi connectivity index (χ0) is 32.1. The van der Waals surface area contributed by atoms with Crippen molar-refractivity contribution in [3.05, 3.63) is 59.3 Å². The molecule has 2 fully saturated rings. The van der Waals surface area contributed by atoms with Gasteiger partial charge in [-0.05, 0) is 64.8 Å². The highest BCUT2D eigenvalue weighted by Crippen LogP contribution is 2.56. The molecule has 1 atom stereocenters. The Morgan fingerprint density at radius 1 is 1.11 bits per heavy atom. The summed E-state index contributed by atoms with van der Waals surface area (Å²) in [5, 5.41) is 16.0. The van der Waals surface area contributed by atoms with Crippen LogP contribution in [-0.4, -0.2) is 70.2 Å². The highest BCUT2D eigenvalue weighted by Gasteiger charge is 2.59. The van der Waals surface area contributed by atoms with Gasteiger partial charge in [-0.2, -0.15) is 19.0 Å². The van der Waals surface area contributed by atoms with E-state index in [1.165, 1.54) is 13.8 Å². The fourth-order valence-corrected chi connectivity index (χ4v) is 8.00. The molecular formula is C29H33F2N9O4S. The van der Waals surface area contributed by atoms with Crippen molar-refractivity contribution in [1.82, 2.24) is 29.9 Å². The van der Waals surface area contributed by atoms with Gasteiger partial charge in [0.05, 0.1) is 47.7 Å². The molecule has 0 bridgehead atoms. The summed E-state index contributed by atoms with van der Waals surface area (Å²) in [4.78, 5) is 23.9. The van der Waals surface area contributed by atoms with Crippen LogP contribution >= 0.6 is 0 Å². The third-order valence-corrected chi connectivity index (χ3v) is 11.0. The normalized spacial score (nSPS) is 17.8. The fourth-order valence-electron chi connectivity index (χ4n) is 5.68. The van der Waals surface area contributed by atoms with Gasteiger partial charge in [-0.25, -0.2) is 27.9 Å². The second-order valence-corrected chi connectivity index (χ2v) is 13.5. The van der Waals surface area contributed by atoms with E-state index in [1.807, 2.05) is 11.8 Å². The van der Waals surface area contributed by atoms with E-state index in [1.54, 1.807) is 43.5 Å². The van der Waals surface area contributed by atoms with Crippen LogP contribution in [0.3, 0.4) is 0 Å². The summed E-state index contributed by atoms with van der Waals surface area (Å²) in [6, 6.07) is 8.07. The van der Waals surface area contributed by atoms with Crippen molar-refractivity contribution >= 4 is 33.1 Å². The smallest absolute Gasteiger partial charge is 0.333 e. The van der Waals surface area contributed by atoms with Crippen LogP contribution in [-0.2, 0) is 19.3 Å². The van der Waals surface area contributed by atoms with Crippen LogP contribution in [0.15, 0.2) is 41.4 Å². The summed E-state index contributed by atoms with van der Waals surface area (Å²) in [5.74, 6) is 0.838. The third kappa shape index (κ3) is 5.52. The summed E-state index contributed by atoms with van der Waals surface area (Å²) in [6.45, 7) is 5.05. The predicted molar refractivity (Wildman–Crippen MR) is 162 cm³/mol. The Kier molecular flexibility index (Phi) is 7.81. The molecule has 0 unspecified atom stereocenters. The number of urea groups is 1. The number of aromatic nitrogens is 6. The van der Waals surface area contributed by atoms with Crippen LogP contribution < -0.4 is 15.5 Å². The number of sulfone groups is 1. The van der Waals surface area contributed by atoms with Crippen molar-refractivity contribution < 1.29 is 26.7 Å². The number of nitrogens with one attached hydrogen (secondary N) is 3. The largest absolute Gasteiger partial charge is 0.377 e. The quantitative estimate of drug-likeness (QED) is 0.247. The molecule has 0 spiro atoms. The van der Waals surface area contributed by atoms with E-state index in [2.05, 4.69) is 25.9 Å². The second kappa shape index (κ2) is 11.5.